The van der Waals surface area contributed by atoms with Gasteiger partial charge in [-0.2, -0.15) is 0 Å². The normalized spacial score (nSPS) is 12.2. The summed E-state index contributed by atoms with van der Waals surface area (Å²) in [6.07, 6.45) is 2.02. The summed E-state index contributed by atoms with van der Waals surface area (Å²) in [6.45, 7) is 8.92. The van der Waals surface area contributed by atoms with E-state index in [1.807, 2.05) is 26.1 Å². The number of nitrogens with one attached hydrogen (secondary N) is 1. The molecule has 0 heterocycles. The Morgan fingerprint density at radius 3 is 2.41 bits per heavy atom. The number of rotatable bonds is 7. The molecule has 1 N–H and O–H groups in total. The molecule has 0 saturated carbocycles. The van der Waals surface area contributed by atoms with Crippen molar-refractivity contribution >= 4 is 0 Å². The number of hydrogen-bond donors (Lipinski definition) is 1. The minimum Gasteiger partial charge on any atom is -0.494 e. The van der Waals surface area contributed by atoms with E-state index in [0.717, 1.165) is 18.6 Å². The summed E-state index contributed by atoms with van der Waals surface area (Å²) in [5.41, 5.74) is 2.56. The molecule has 2 heteroatoms. The third-order valence-corrected chi connectivity index (χ3v) is 2.93. The fraction of sp³-hybridized carbons (Fsp3) is 0.467. The van der Waals surface area contributed by atoms with Crippen LogP contribution >= 0.6 is 0 Å². The van der Waals surface area contributed by atoms with Gasteiger partial charge in [-0.05, 0) is 44.5 Å². The highest BCUT2D eigenvalue weighted by atomic mass is 16.5. The van der Waals surface area contributed by atoms with Gasteiger partial charge in [0.2, 0.25) is 0 Å². The van der Waals surface area contributed by atoms with Crippen molar-refractivity contribution < 1.29 is 4.74 Å². The van der Waals surface area contributed by atoms with Gasteiger partial charge in [0.1, 0.15) is 5.75 Å². The predicted octanol–water partition coefficient (Wildman–Crippen LogP) is 3.70. The first-order valence-electron chi connectivity index (χ1n) is 6.27. The fourth-order valence-corrected chi connectivity index (χ4v) is 1.78. The van der Waals surface area contributed by atoms with E-state index in [4.69, 9.17) is 4.74 Å². The molecule has 17 heavy (non-hydrogen) atoms. The standard InChI is InChI=1S/C15H23NO/c1-5-12(3)11-15(16-4)13-7-9-14(10-8-13)17-6-2/h7-10,15-16H,3,5-6,11H2,1-2,4H3. The second kappa shape index (κ2) is 7.13. The molecule has 1 atom stereocenters. The van der Waals surface area contributed by atoms with E-state index >= 15 is 0 Å². The smallest absolute Gasteiger partial charge is 0.119 e. The van der Waals surface area contributed by atoms with Gasteiger partial charge in [-0.1, -0.05) is 31.2 Å². The molecule has 1 aromatic carbocycles. The molecule has 1 aromatic rings. The zero-order valence-corrected chi connectivity index (χ0v) is 11.1. The lowest BCUT2D eigenvalue weighted by Crippen LogP contribution is -2.16. The van der Waals surface area contributed by atoms with Crippen molar-refractivity contribution in [2.24, 2.45) is 0 Å². The Morgan fingerprint density at radius 2 is 1.94 bits per heavy atom. The van der Waals surface area contributed by atoms with Gasteiger partial charge in [-0.3, -0.25) is 0 Å². The lowest BCUT2D eigenvalue weighted by Gasteiger charge is -2.18. The average Bonchev–Trinajstić information content (AvgIpc) is 2.37. The van der Waals surface area contributed by atoms with E-state index in [1.54, 1.807) is 0 Å². The Balaban J connectivity index is 2.71. The maximum Gasteiger partial charge on any atom is 0.119 e. The van der Waals surface area contributed by atoms with E-state index in [0.29, 0.717) is 12.6 Å². The van der Waals surface area contributed by atoms with E-state index < -0.39 is 0 Å². The van der Waals surface area contributed by atoms with E-state index in [2.05, 4.69) is 31.0 Å². The summed E-state index contributed by atoms with van der Waals surface area (Å²) in [4.78, 5) is 0. The van der Waals surface area contributed by atoms with Crippen molar-refractivity contribution in [1.82, 2.24) is 5.32 Å². The van der Waals surface area contributed by atoms with E-state index in [9.17, 15) is 0 Å². The first kappa shape index (κ1) is 13.8. The molecule has 0 radical (unpaired) electrons. The highest BCUT2D eigenvalue weighted by molar-refractivity contribution is 5.29. The minimum atomic E-state index is 0.345. The molecule has 0 spiro atoms. The molecular formula is C15H23NO. The summed E-state index contributed by atoms with van der Waals surface area (Å²) in [5, 5.41) is 3.33. The van der Waals surface area contributed by atoms with Gasteiger partial charge < -0.3 is 10.1 Å². The largest absolute Gasteiger partial charge is 0.494 e. The molecule has 0 fully saturated rings. The first-order chi connectivity index (χ1) is 8.21. The Kier molecular flexibility index (Phi) is 5.78. The van der Waals surface area contributed by atoms with Gasteiger partial charge in [-0.25, -0.2) is 0 Å². The van der Waals surface area contributed by atoms with Crippen LogP contribution in [0.15, 0.2) is 36.4 Å². The molecule has 0 aliphatic heterocycles. The maximum absolute atomic E-state index is 5.44. The van der Waals surface area contributed by atoms with Crippen LogP contribution in [0.25, 0.3) is 0 Å². The monoisotopic (exact) mass is 233 g/mol. The van der Waals surface area contributed by atoms with Gasteiger partial charge in [0.15, 0.2) is 0 Å². The molecule has 0 aliphatic carbocycles. The van der Waals surface area contributed by atoms with Crippen LogP contribution in [0.2, 0.25) is 0 Å². The molecule has 0 saturated heterocycles. The van der Waals surface area contributed by atoms with Gasteiger partial charge in [0, 0.05) is 6.04 Å². The van der Waals surface area contributed by atoms with Crippen molar-refractivity contribution in [2.75, 3.05) is 13.7 Å². The molecule has 0 aromatic heterocycles. The maximum atomic E-state index is 5.44. The molecule has 0 amide bonds. The van der Waals surface area contributed by atoms with Crippen molar-refractivity contribution in [3.05, 3.63) is 42.0 Å². The lowest BCUT2D eigenvalue weighted by atomic mass is 9.98. The molecular weight excluding hydrogens is 210 g/mol. The van der Waals surface area contributed by atoms with Crippen molar-refractivity contribution in [3.8, 4) is 5.75 Å². The predicted molar refractivity (Wildman–Crippen MR) is 73.5 cm³/mol. The third kappa shape index (κ3) is 4.23. The Labute approximate surface area is 105 Å². The quantitative estimate of drug-likeness (QED) is 0.725. The van der Waals surface area contributed by atoms with Gasteiger partial charge in [0.05, 0.1) is 6.61 Å². The van der Waals surface area contributed by atoms with Gasteiger partial charge in [-0.15, -0.1) is 0 Å². The molecule has 1 unspecified atom stereocenters. The van der Waals surface area contributed by atoms with E-state index in [1.165, 1.54) is 11.1 Å². The second-order valence-corrected chi connectivity index (χ2v) is 4.15. The van der Waals surface area contributed by atoms with Crippen LogP contribution in [0, 0.1) is 0 Å². The number of benzene rings is 1. The topological polar surface area (TPSA) is 21.3 Å². The van der Waals surface area contributed by atoms with E-state index in [-0.39, 0.29) is 0 Å². The van der Waals surface area contributed by atoms with Crippen molar-refractivity contribution in [1.29, 1.82) is 0 Å². The van der Waals surface area contributed by atoms with Crippen LogP contribution in [0.1, 0.15) is 38.3 Å². The Bertz CT molecular complexity index is 342. The number of ether oxygens (including phenoxy) is 1. The molecule has 0 aliphatic rings. The minimum absolute atomic E-state index is 0.345. The fourth-order valence-electron chi connectivity index (χ4n) is 1.78. The second-order valence-electron chi connectivity index (χ2n) is 4.15. The van der Waals surface area contributed by atoms with Gasteiger partial charge in [0.25, 0.3) is 0 Å². The van der Waals surface area contributed by atoms with Crippen molar-refractivity contribution in [2.45, 2.75) is 32.7 Å². The Morgan fingerprint density at radius 1 is 1.29 bits per heavy atom. The molecule has 0 bridgehead atoms. The van der Waals surface area contributed by atoms with Crippen LogP contribution in [-0.4, -0.2) is 13.7 Å². The summed E-state index contributed by atoms with van der Waals surface area (Å²) >= 11 is 0. The van der Waals surface area contributed by atoms with Crippen LogP contribution in [-0.2, 0) is 0 Å². The lowest BCUT2D eigenvalue weighted by molar-refractivity contribution is 0.340. The van der Waals surface area contributed by atoms with Crippen LogP contribution in [0.4, 0.5) is 0 Å². The zero-order valence-electron chi connectivity index (χ0n) is 11.1. The van der Waals surface area contributed by atoms with Crippen LogP contribution in [0.3, 0.4) is 0 Å². The van der Waals surface area contributed by atoms with Crippen LogP contribution in [0.5, 0.6) is 5.75 Å². The molecule has 1 rings (SSSR count). The summed E-state index contributed by atoms with van der Waals surface area (Å²) in [5.74, 6) is 0.931. The highest BCUT2D eigenvalue weighted by Crippen LogP contribution is 2.23. The summed E-state index contributed by atoms with van der Waals surface area (Å²) < 4.78 is 5.44. The zero-order chi connectivity index (χ0) is 12.7. The third-order valence-electron chi connectivity index (χ3n) is 2.93. The van der Waals surface area contributed by atoms with Crippen molar-refractivity contribution in [3.63, 3.8) is 0 Å². The number of hydrogen-bond acceptors (Lipinski definition) is 2. The average molecular weight is 233 g/mol. The Hall–Kier alpha value is -1.28. The summed E-state index contributed by atoms with van der Waals surface area (Å²) in [7, 11) is 1.99. The highest BCUT2D eigenvalue weighted by Gasteiger charge is 2.09. The van der Waals surface area contributed by atoms with Gasteiger partial charge >= 0.3 is 0 Å². The molecule has 94 valence electrons. The summed E-state index contributed by atoms with van der Waals surface area (Å²) in [6, 6.07) is 8.64. The SMILES string of the molecule is C=C(CC)CC(NC)c1ccc(OCC)cc1. The van der Waals surface area contributed by atoms with Crippen LogP contribution < -0.4 is 10.1 Å². The molecule has 2 nitrogen and oxygen atoms in total. The first-order valence-corrected chi connectivity index (χ1v) is 6.27.